The zero-order valence-corrected chi connectivity index (χ0v) is 8.55. The number of ketones is 1. The van der Waals surface area contributed by atoms with Gasteiger partial charge in [0.25, 0.3) is 0 Å². The van der Waals surface area contributed by atoms with Crippen LogP contribution in [0.1, 0.15) is 39.5 Å². The maximum atomic E-state index is 11.3. The molecule has 0 radical (unpaired) electrons. The quantitative estimate of drug-likeness (QED) is 0.557. The van der Waals surface area contributed by atoms with E-state index in [1.54, 1.807) is 0 Å². The van der Waals surface area contributed by atoms with Crippen molar-refractivity contribution in [1.82, 2.24) is 0 Å². The predicted octanol–water partition coefficient (Wildman–Crippen LogP) is 2.96. The summed E-state index contributed by atoms with van der Waals surface area (Å²) in [7, 11) is 0. The van der Waals surface area contributed by atoms with Crippen molar-refractivity contribution in [2.24, 2.45) is 17.8 Å². The maximum absolute atomic E-state index is 11.3. The van der Waals surface area contributed by atoms with E-state index in [2.05, 4.69) is 13.8 Å². The van der Waals surface area contributed by atoms with Gasteiger partial charge in [0.05, 0.1) is 0 Å². The third kappa shape index (κ3) is 1.56. The van der Waals surface area contributed by atoms with E-state index in [1.807, 2.05) is 6.08 Å². The van der Waals surface area contributed by atoms with Crippen molar-refractivity contribution in [2.75, 3.05) is 0 Å². The molecule has 0 amide bonds. The first kappa shape index (κ1) is 8.98. The Bertz CT molecular complexity index is 252. The van der Waals surface area contributed by atoms with Crippen LogP contribution < -0.4 is 0 Å². The molecule has 1 nitrogen and oxygen atoms in total. The van der Waals surface area contributed by atoms with E-state index in [9.17, 15) is 4.79 Å². The monoisotopic (exact) mass is 178 g/mol. The Kier molecular flexibility index (Phi) is 2.27. The molecule has 0 heterocycles. The summed E-state index contributed by atoms with van der Waals surface area (Å²) in [6, 6.07) is 0. The highest BCUT2D eigenvalue weighted by atomic mass is 16.1. The first-order valence-electron chi connectivity index (χ1n) is 5.43. The Morgan fingerprint density at radius 3 is 2.77 bits per heavy atom. The third-order valence-electron chi connectivity index (χ3n) is 3.77. The molecule has 0 unspecified atom stereocenters. The molecule has 3 atom stereocenters. The van der Waals surface area contributed by atoms with Gasteiger partial charge in [0, 0.05) is 6.42 Å². The van der Waals surface area contributed by atoms with Gasteiger partial charge in [0.2, 0.25) is 0 Å². The van der Waals surface area contributed by atoms with E-state index in [-0.39, 0.29) is 0 Å². The van der Waals surface area contributed by atoms with Crippen LogP contribution in [0.15, 0.2) is 11.6 Å². The molecule has 0 aliphatic heterocycles. The molecule has 1 heteroatoms. The molecule has 1 saturated carbocycles. The van der Waals surface area contributed by atoms with Gasteiger partial charge in [-0.05, 0) is 43.1 Å². The third-order valence-corrected chi connectivity index (χ3v) is 3.77. The largest absolute Gasteiger partial charge is 0.295 e. The number of hydrogen-bond donors (Lipinski definition) is 0. The van der Waals surface area contributed by atoms with Crippen LogP contribution in [0.5, 0.6) is 0 Å². The van der Waals surface area contributed by atoms with Crippen molar-refractivity contribution in [3.8, 4) is 0 Å². The molecule has 0 bridgehead atoms. The second-order valence-corrected chi connectivity index (χ2v) is 4.71. The lowest BCUT2D eigenvalue weighted by Gasteiger charge is -2.37. The van der Waals surface area contributed by atoms with Crippen LogP contribution in [0.25, 0.3) is 0 Å². The molecule has 2 aliphatic carbocycles. The Balaban J connectivity index is 2.26. The Morgan fingerprint density at radius 2 is 2.00 bits per heavy atom. The first-order valence-corrected chi connectivity index (χ1v) is 5.43. The average Bonchev–Trinajstić information content (AvgIpc) is 2.12. The minimum atomic E-state index is 0.354. The molecular formula is C12H18O. The van der Waals surface area contributed by atoms with Gasteiger partial charge in [0.1, 0.15) is 0 Å². The lowest BCUT2D eigenvalue weighted by Crippen LogP contribution is -2.28. The normalized spacial score (nSPS) is 39.7. The van der Waals surface area contributed by atoms with E-state index in [1.165, 1.54) is 18.4 Å². The molecule has 0 saturated heterocycles. The van der Waals surface area contributed by atoms with Crippen LogP contribution in [-0.2, 0) is 4.79 Å². The minimum absolute atomic E-state index is 0.354. The zero-order chi connectivity index (χ0) is 9.42. The summed E-state index contributed by atoms with van der Waals surface area (Å²) in [5.41, 5.74) is 1.45. The first-order chi connectivity index (χ1) is 6.18. The smallest absolute Gasteiger partial charge is 0.155 e. The summed E-state index contributed by atoms with van der Waals surface area (Å²) >= 11 is 0. The van der Waals surface area contributed by atoms with Crippen molar-refractivity contribution in [3.05, 3.63) is 11.6 Å². The number of allylic oxidation sites excluding steroid dienone is 2. The van der Waals surface area contributed by atoms with Gasteiger partial charge < -0.3 is 0 Å². The molecule has 0 N–H and O–H groups in total. The van der Waals surface area contributed by atoms with Crippen molar-refractivity contribution in [1.29, 1.82) is 0 Å². The van der Waals surface area contributed by atoms with Gasteiger partial charge in [0.15, 0.2) is 5.78 Å². The van der Waals surface area contributed by atoms with Gasteiger partial charge >= 0.3 is 0 Å². The predicted molar refractivity (Wildman–Crippen MR) is 53.4 cm³/mol. The lowest BCUT2D eigenvalue weighted by atomic mass is 9.67. The fourth-order valence-electron chi connectivity index (χ4n) is 2.83. The van der Waals surface area contributed by atoms with Gasteiger partial charge in [-0.15, -0.1) is 0 Å². The summed E-state index contributed by atoms with van der Waals surface area (Å²) in [4.78, 5) is 11.3. The van der Waals surface area contributed by atoms with Crippen LogP contribution in [-0.4, -0.2) is 5.78 Å². The number of carbonyl (C=O) groups is 1. The Labute approximate surface area is 80.2 Å². The highest BCUT2D eigenvalue weighted by molar-refractivity contribution is 5.91. The molecule has 0 aromatic carbocycles. The average molecular weight is 178 g/mol. The van der Waals surface area contributed by atoms with Crippen molar-refractivity contribution in [3.63, 3.8) is 0 Å². The second kappa shape index (κ2) is 3.28. The molecule has 0 aromatic heterocycles. The summed E-state index contributed by atoms with van der Waals surface area (Å²) in [5, 5.41) is 0. The molecule has 2 aliphatic rings. The van der Waals surface area contributed by atoms with E-state index < -0.39 is 0 Å². The number of carbonyl (C=O) groups excluding carboxylic acids is 1. The summed E-state index contributed by atoms with van der Waals surface area (Å²) in [6.07, 6.45) is 6.45. The number of hydrogen-bond acceptors (Lipinski definition) is 1. The molecule has 13 heavy (non-hydrogen) atoms. The standard InChI is InChI=1S/C12H18O/c1-8-3-4-9(2)12-7-10(13)5-6-11(8)12/h7-9,11H,3-6H2,1-2H3/t8-,9-,11+/m0/s1. The molecule has 0 aromatic rings. The Morgan fingerprint density at radius 1 is 1.23 bits per heavy atom. The van der Waals surface area contributed by atoms with Gasteiger partial charge in [-0.2, -0.15) is 0 Å². The molecule has 2 rings (SSSR count). The highest BCUT2D eigenvalue weighted by Crippen LogP contribution is 2.42. The zero-order valence-electron chi connectivity index (χ0n) is 8.55. The fourth-order valence-corrected chi connectivity index (χ4v) is 2.83. The second-order valence-electron chi connectivity index (χ2n) is 4.71. The summed E-state index contributed by atoms with van der Waals surface area (Å²) in [5.74, 6) is 2.54. The van der Waals surface area contributed by atoms with E-state index >= 15 is 0 Å². The lowest BCUT2D eigenvalue weighted by molar-refractivity contribution is -0.115. The van der Waals surface area contributed by atoms with Crippen LogP contribution in [0.2, 0.25) is 0 Å². The van der Waals surface area contributed by atoms with Crippen LogP contribution in [0.3, 0.4) is 0 Å². The van der Waals surface area contributed by atoms with E-state index in [4.69, 9.17) is 0 Å². The van der Waals surface area contributed by atoms with E-state index in [0.717, 1.165) is 24.7 Å². The molecule has 1 fully saturated rings. The molecule has 72 valence electrons. The topological polar surface area (TPSA) is 17.1 Å². The van der Waals surface area contributed by atoms with Crippen molar-refractivity contribution in [2.45, 2.75) is 39.5 Å². The van der Waals surface area contributed by atoms with Gasteiger partial charge in [-0.25, -0.2) is 0 Å². The SMILES string of the molecule is C[C@H]1CC[C@H](C)[C@H]2CCC(=O)C=C12. The Hall–Kier alpha value is -0.590. The van der Waals surface area contributed by atoms with Crippen LogP contribution >= 0.6 is 0 Å². The van der Waals surface area contributed by atoms with E-state index in [0.29, 0.717) is 11.7 Å². The van der Waals surface area contributed by atoms with Crippen molar-refractivity contribution >= 4 is 5.78 Å². The van der Waals surface area contributed by atoms with Crippen LogP contribution in [0, 0.1) is 17.8 Å². The number of fused-ring (bicyclic) bond motifs is 1. The molecular weight excluding hydrogens is 160 g/mol. The fraction of sp³-hybridized carbons (Fsp3) is 0.750. The minimum Gasteiger partial charge on any atom is -0.295 e. The highest BCUT2D eigenvalue weighted by Gasteiger charge is 2.32. The van der Waals surface area contributed by atoms with Crippen LogP contribution in [0.4, 0.5) is 0 Å². The van der Waals surface area contributed by atoms with Gasteiger partial charge in [-0.3, -0.25) is 4.79 Å². The number of rotatable bonds is 0. The maximum Gasteiger partial charge on any atom is 0.155 e. The summed E-state index contributed by atoms with van der Waals surface area (Å²) in [6.45, 7) is 4.60. The van der Waals surface area contributed by atoms with Gasteiger partial charge in [-0.1, -0.05) is 19.4 Å². The van der Waals surface area contributed by atoms with Crippen molar-refractivity contribution < 1.29 is 4.79 Å². The summed E-state index contributed by atoms with van der Waals surface area (Å²) < 4.78 is 0. The molecule has 0 spiro atoms.